The summed E-state index contributed by atoms with van der Waals surface area (Å²) in [4.78, 5) is 0. The van der Waals surface area contributed by atoms with Crippen molar-refractivity contribution in [3.8, 4) is 5.75 Å². The lowest BCUT2D eigenvalue weighted by molar-refractivity contribution is 0.175. The van der Waals surface area contributed by atoms with E-state index in [4.69, 9.17) is 4.74 Å². The Labute approximate surface area is 114 Å². The second-order valence-electron chi connectivity index (χ2n) is 5.41. The van der Waals surface area contributed by atoms with Gasteiger partial charge in [0, 0.05) is 10.9 Å². The summed E-state index contributed by atoms with van der Waals surface area (Å²) in [5.74, 6) is 0.875. The number of hydrogen-bond acceptors (Lipinski definition) is 2. The monoisotopic (exact) mass is 256 g/mol. The first-order valence-corrected chi connectivity index (χ1v) is 7.12. The van der Waals surface area contributed by atoms with Crippen LogP contribution in [0.3, 0.4) is 0 Å². The molecular formula is C17H20O2. The van der Waals surface area contributed by atoms with E-state index in [1.54, 1.807) is 6.92 Å². The zero-order valence-electron chi connectivity index (χ0n) is 11.3. The van der Waals surface area contributed by atoms with Gasteiger partial charge in [-0.15, -0.1) is 0 Å². The van der Waals surface area contributed by atoms with E-state index in [2.05, 4.69) is 18.2 Å². The molecule has 0 aliphatic heterocycles. The van der Waals surface area contributed by atoms with Gasteiger partial charge in [0.1, 0.15) is 5.75 Å². The Kier molecular flexibility index (Phi) is 3.43. The Morgan fingerprint density at radius 3 is 2.58 bits per heavy atom. The third-order valence-corrected chi connectivity index (χ3v) is 3.95. The molecule has 1 aliphatic carbocycles. The average Bonchev–Trinajstić information content (AvgIpc) is 2.92. The molecule has 0 amide bonds. The summed E-state index contributed by atoms with van der Waals surface area (Å²) in [5.41, 5.74) is 0.894. The number of fused-ring (bicyclic) bond motifs is 1. The van der Waals surface area contributed by atoms with Gasteiger partial charge in [-0.25, -0.2) is 0 Å². The van der Waals surface area contributed by atoms with Crippen molar-refractivity contribution in [2.75, 3.05) is 0 Å². The molecule has 0 bridgehead atoms. The highest BCUT2D eigenvalue weighted by Gasteiger charge is 2.20. The lowest BCUT2D eigenvalue weighted by Crippen LogP contribution is -2.13. The Morgan fingerprint density at radius 1 is 1.11 bits per heavy atom. The third kappa shape index (κ3) is 2.45. The van der Waals surface area contributed by atoms with Crippen molar-refractivity contribution in [1.29, 1.82) is 0 Å². The van der Waals surface area contributed by atoms with Gasteiger partial charge in [0.15, 0.2) is 0 Å². The molecule has 0 unspecified atom stereocenters. The summed E-state index contributed by atoms with van der Waals surface area (Å²) in [5, 5.41) is 12.2. The summed E-state index contributed by atoms with van der Waals surface area (Å²) in [6, 6.07) is 12.3. The Morgan fingerprint density at radius 2 is 1.84 bits per heavy atom. The van der Waals surface area contributed by atoms with E-state index < -0.39 is 6.10 Å². The van der Waals surface area contributed by atoms with Gasteiger partial charge >= 0.3 is 0 Å². The topological polar surface area (TPSA) is 29.5 Å². The minimum absolute atomic E-state index is 0.309. The van der Waals surface area contributed by atoms with E-state index in [-0.39, 0.29) is 0 Å². The van der Waals surface area contributed by atoms with Crippen LogP contribution < -0.4 is 4.74 Å². The number of benzene rings is 2. The summed E-state index contributed by atoms with van der Waals surface area (Å²) >= 11 is 0. The molecule has 0 spiro atoms. The lowest BCUT2D eigenvalue weighted by Gasteiger charge is -2.20. The van der Waals surface area contributed by atoms with Crippen LogP contribution in [0, 0.1) is 0 Å². The number of aliphatic hydroxyl groups is 1. The van der Waals surface area contributed by atoms with Gasteiger partial charge in [0.05, 0.1) is 12.2 Å². The van der Waals surface area contributed by atoms with E-state index >= 15 is 0 Å². The molecule has 0 saturated heterocycles. The van der Waals surface area contributed by atoms with Gasteiger partial charge in [0.25, 0.3) is 0 Å². The summed E-state index contributed by atoms with van der Waals surface area (Å²) in [6.45, 7) is 1.80. The van der Waals surface area contributed by atoms with Crippen molar-refractivity contribution in [2.24, 2.45) is 0 Å². The van der Waals surface area contributed by atoms with Crippen molar-refractivity contribution in [3.63, 3.8) is 0 Å². The number of ether oxygens (including phenoxy) is 1. The van der Waals surface area contributed by atoms with Gasteiger partial charge in [0.2, 0.25) is 0 Å². The van der Waals surface area contributed by atoms with Crippen LogP contribution in [0.5, 0.6) is 5.75 Å². The van der Waals surface area contributed by atoms with Crippen LogP contribution in [-0.4, -0.2) is 11.2 Å². The van der Waals surface area contributed by atoms with Crippen LogP contribution in [0.4, 0.5) is 0 Å². The van der Waals surface area contributed by atoms with Crippen molar-refractivity contribution < 1.29 is 9.84 Å². The quantitative estimate of drug-likeness (QED) is 0.891. The molecule has 0 heterocycles. The molecule has 1 atom stereocenters. The first-order valence-electron chi connectivity index (χ1n) is 7.12. The molecule has 1 fully saturated rings. The molecule has 2 aromatic rings. The third-order valence-electron chi connectivity index (χ3n) is 3.95. The predicted octanol–water partition coefficient (Wildman–Crippen LogP) is 4.21. The van der Waals surface area contributed by atoms with Crippen molar-refractivity contribution in [3.05, 3.63) is 42.0 Å². The first kappa shape index (κ1) is 12.5. The Bertz CT molecular complexity index is 568. The van der Waals surface area contributed by atoms with Crippen LogP contribution >= 0.6 is 0 Å². The lowest BCUT2D eigenvalue weighted by atomic mass is 10.0. The van der Waals surface area contributed by atoms with Crippen LogP contribution in [0.15, 0.2) is 36.4 Å². The maximum atomic E-state index is 9.96. The van der Waals surface area contributed by atoms with Gasteiger partial charge in [-0.3, -0.25) is 0 Å². The summed E-state index contributed by atoms with van der Waals surface area (Å²) in [7, 11) is 0. The second-order valence-corrected chi connectivity index (χ2v) is 5.41. The van der Waals surface area contributed by atoms with Crippen molar-refractivity contribution in [2.45, 2.75) is 44.8 Å². The molecule has 1 saturated carbocycles. The number of hydrogen-bond donors (Lipinski definition) is 1. The van der Waals surface area contributed by atoms with E-state index in [9.17, 15) is 5.11 Å². The normalized spacial score (nSPS) is 17.8. The minimum atomic E-state index is -0.499. The molecule has 3 rings (SSSR count). The fourth-order valence-corrected chi connectivity index (χ4v) is 2.89. The van der Waals surface area contributed by atoms with Crippen LogP contribution in [0.1, 0.15) is 44.3 Å². The zero-order chi connectivity index (χ0) is 13.2. The van der Waals surface area contributed by atoms with Gasteiger partial charge in [-0.2, -0.15) is 0 Å². The standard InChI is InChI=1S/C17H20O2/c1-12(18)15-11-10-13-6-2-5-9-16(13)17(15)19-14-7-3-4-8-14/h2,5-6,9-12,14,18H,3-4,7-8H2,1H3/t12-/m1/s1. The summed E-state index contributed by atoms with van der Waals surface area (Å²) < 4.78 is 6.22. The van der Waals surface area contributed by atoms with E-state index in [1.807, 2.05) is 18.2 Å². The fraction of sp³-hybridized carbons (Fsp3) is 0.412. The van der Waals surface area contributed by atoms with E-state index in [0.717, 1.165) is 29.5 Å². The highest BCUT2D eigenvalue weighted by Crippen LogP contribution is 2.36. The molecule has 1 aliphatic rings. The molecule has 2 nitrogen and oxygen atoms in total. The highest BCUT2D eigenvalue weighted by atomic mass is 16.5. The predicted molar refractivity (Wildman–Crippen MR) is 77.5 cm³/mol. The summed E-state index contributed by atoms with van der Waals surface area (Å²) in [6.07, 6.45) is 4.56. The molecule has 2 aromatic carbocycles. The maximum Gasteiger partial charge on any atom is 0.133 e. The van der Waals surface area contributed by atoms with Crippen LogP contribution in [-0.2, 0) is 0 Å². The van der Waals surface area contributed by atoms with Gasteiger partial charge < -0.3 is 9.84 Å². The Balaban J connectivity index is 2.08. The average molecular weight is 256 g/mol. The smallest absolute Gasteiger partial charge is 0.133 e. The van der Waals surface area contributed by atoms with E-state index in [0.29, 0.717) is 6.10 Å². The van der Waals surface area contributed by atoms with Crippen molar-refractivity contribution >= 4 is 10.8 Å². The van der Waals surface area contributed by atoms with Crippen molar-refractivity contribution in [1.82, 2.24) is 0 Å². The van der Waals surface area contributed by atoms with Gasteiger partial charge in [-0.1, -0.05) is 36.4 Å². The SMILES string of the molecule is C[C@@H](O)c1ccc2ccccc2c1OC1CCCC1. The highest BCUT2D eigenvalue weighted by molar-refractivity contribution is 5.89. The molecule has 2 heteroatoms. The first-order chi connectivity index (χ1) is 9.25. The largest absolute Gasteiger partial charge is 0.489 e. The fourth-order valence-electron chi connectivity index (χ4n) is 2.89. The molecule has 0 aromatic heterocycles. The molecule has 19 heavy (non-hydrogen) atoms. The van der Waals surface area contributed by atoms with Gasteiger partial charge in [-0.05, 0) is 38.0 Å². The minimum Gasteiger partial charge on any atom is -0.489 e. The zero-order valence-corrected chi connectivity index (χ0v) is 11.3. The maximum absolute atomic E-state index is 9.96. The Hall–Kier alpha value is -1.54. The molecule has 100 valence electrons. The van der Waals surface area contributed by atoms with Crippen LogP contribution in [0.2, 0.25) is 0 Å². The molecular weight excluding hydrogens is 236 g/mol. The number of rotatable bonds is 3. The second kappa shape index (κ2) is 5.22. The molecule has 1 N–H and O–H groups in total. The molecule has 0 radical (unpaired) electrons. The van der Waals surface area contributed by atoms with E-state index in [1.165, 1.54) is 18.2 Å². The van der Waals surface area contributed by atoms with Crippen LogP contribution in [0.25, 0.3) is 10.8 Å². The number of aliphatic hydroxyl groups excluding tert-OH is 1.